The molecule has 0 spiro atoms. The number of hydrogen-bond acceptors (Lipinski definition) is 3. The highest BCUT2D eigenvalue weighted by molar-refractivity contribution is 5.44. The zero-order valence-electron chi connectivity index (χ0n) is 5.78. The Kier molecular flexibility index (Phi) is 5.54. The lowest BCUT2D eigenvalue weighted by atomic mass is 10.5. The van der Waals surface area contributed by atoms with Gasteiger partial charge in [0.2, 0.25) is 12.0 Å². The molecule has 0 aromatic carbocycles. The van der Waals surface area contributed by atoms with Crippen LogP contribution in [0.4, 0.5) is 0 Å². The Morgan fingerprint density at radius 2 is 2.18 bits per heavy atom. The van der Waals surface area contributed by atoms with Crippen LogP contribution in [-0.2, 0) is 4.79 Å². The van der Waals surface area contributed by atoms with E-state index < -0.39 is 0 Å². The van der Waals surface area contributed by atoms with Gasteiger partial charge in [-0.1, -0.05) is 6.07 Å². The number of carbonyl (C=O) groups excluding carboxylic acids is 1. The predicted octanol–water partition coefficient (Wildman–Crippen LogP) is -1.02. The zero-order chi connectivity index (χ0) is 8.53. The number of H-pyrrole nitrogens is 1. The molecule has 1 aromatic heterocycles. The molecule has 0 aliphatic carbocycles. The van der Waals surface area contributed by atoms with Crippen LogP contribution in [0, 0.1) is 0 Å². The van der Waals surface area contributed by atoms with Crippen molar-refractivity contribution >= 4 is 6.41 Å². The molecule has 1 aromatic rings. The number of hydrogen-bond donors (Lipinski definition) is 3. The summed E-state index contributed by atoms with van der Waals surface area (Å²) in [6.45, 7) is 0. The van der Waals surface area contributed by atoms with E-state index in [4.69, 9.17) is 4.79 Å². The van der Waals surface area contributed by atoms with Crippen molar-refractivity contribution in [1.29, 1.82) is 0 Å². The Bertz CT molecular complexity index is 228. The van der Waals surface area contributed by atoms with Gasteiger partial charge in [0, 0.05) is 12.3 Å². The third kappa shape index (κ3) is 6.26. The first-order chi connectivity index (χ1) is 5.31. The summed E-state index contributed by atoms with van der Waals surface area (Å²) >= 11 is 0. The monoisotopic (exact) mass is 155 g/mol. The van der Waals surface area contributed by atoms with Gasteiger partial charge in [-0.2, -0.15) is 0 Å². The van der Waals surface area contributed by atoms with Gasteiger partial charge in [0.1, 0.15) is 0 Å². The topological polar surface area (TPSA) is 88.0 Å². The molecule has 5 heteroatoms. The SMILES string of the molecule is NNC=O.O=c1cccc[nH]1. The quantitative estimate of drug-likeness (QED) is 0.210. The van der Waals surface area contributed by atoms with Gasteiger partial charge in [-0.15, -0.1) is 0 Å². The first-order valence-corrected chi connectivity index (χ1v) is 2.84. The second kappa shape index (κ2) is 6.50. The Morgan fingerprint density at radius 3 is 2.36 bits per heavy atom. The molecule has 0 unspecified atom stereocenters. The van der Waals surface area contributed by atoms with Gasteiger partial charge in [-0.3, -0.25) is 15.0 Å². The molecule has 0 aliphatic heterocycles. The van der Waals surface area contributed by atoms with E-state index in [1.807, 2.05) is 0 Å². The predicted molar refractivity (Wildman–Crippen MR) is 40.4 cm³/mol. The average Bonchev–Trinajstić information content (AvgIpc) is 2.07. The third-order valence-electron chi connectivity index (χ3n) is 0.749. The number of aromatic nitrogens is 1. The molecule has 0 aliphatic rings. The molecule has 5 nitrogen and oxygen atoms in total. The molecule has 1 amide bonds. The number of carbonyl (C=O) groups is 1. The van der Waals surface area contributed by atoms with E-state index in [0.717, 1.165) is 0 Å². The fourth-order valence-electron chi connectivity index (χ4n) is 0.377. The highest BCUT2D eigenvalue weighted by Gasteiger charge is 1.69. The van der Waals surface area contributed by atoms with Crippen LogP contribution in [0.15, 0.2) is 29.2 Å². The van der Waals surface area contributed by atoms with E-state index in [2.05, 4.69) is 10.8 Å². The summed E-state index contributed by atoms with van der Waals surface area (Å²) in [5.74, 6) is 4.41. The molecular formula is C6H9N3O2. The molecule has 0 bridgehead atoms. The van der Waals surface area contributed by atoms with E-state index in [9.17, 15) is 4.79 Å². The molecule has 0 atom stereocenters. The number of nitrogens with one attached hydrogen (secondary N) is 2. The van der Waals surface area contributed by atoms with Gasteiger partial charge in [-0.25, -0.2) is 5.84 Å². The van der Waals surface area contributed by atoms with Crippen molar-refractivity contribution < 1.29 is 4.79 Å². The van der Waals surface area contributed by atoms with Crippen LogP contribution >= 0.6 is 0 Å². The summed E-state index contributed by atoms with van der Waals surface area (Å²) in [7, 11) is 0. The minimum atomic E-state index is -0.0532. The second-order valence-electron chi connectivity index (χ2n) is 1.51. The first kappa shape index (κ1) is 9.38. The normalized spacial score (nSPS) is 7.36. The fraction of sp³-hybridized carbons (Fsp3) is 0. The van der Waals surface area contributed by atoms with Crippen LogP contribution in [0.1, 0.15) is 0 Å². The van der Waals surface area contributed by atoms with E-state index in [-0.39, 0.29) is 5.56 Å². The van der Waals surface area contributed by atoms with Crippen molar-refractivity contribution in [3.8, 4) is 0 Å². The number of aromatic amines is 1. The van der Waals surface area contributed by atoms with E-state index in [1.165, 1.54) is 6.07 Å². The van der Waals surface area contributed by atoms with Gasteiger partial charge in [0.15, 0.2) is 0 Å². The summed E-state index contributed by atoms with van der Waals surface area (Å²) in [5.41, 5.74) is 1.70. The number of hydrazine groups is 1. The lowest BCUT2D eigenvalue weighted by molar-refractivity contribution is -0.109. The summed E-state index contributed by atoms with van der Waals surface area (Å²) in [4.78, 5) is 21.6. The molecule has 0 fully saturated rings. The average molecular weight is 155 g/mol. The standard InChI is InChI=1S/C5H5NO.CH4N2O/c7-5-3-1-2-4-6-5;2-3-1-4/h1-4H,(H,6,7);1H,2H2,(H,3,4). The van der Waals surface area contributed by atoms with Crippen molar-refractivity contribution in [1.82, 2.24) is 10.4 Å². The molecule has 0 saturated carbocycles. The smallest absolute Gasteiger partial charge is 0.247 e. The lowest BCUT2D eigenvalue weighted by Gasteiger charge is -1.73. The van der Waals surface area contributed by atoms with Crippen molar-refractivity contribution in [2.24, 2.45) is 5.84 Å². The minimum absolute atomic E-state index is 0.0532. The maximum atomic E-state index is 10.2. The Balaban J connectivity index is 0.000000218. The van der Waals surface area contributed by atoms with Crippen LogP contribution in [0.3, 0.4) is 0 Å². The van der Waals surface area contributed by atoms with Crippen molar-refractivity contribution in [3.05, 3.63) is 34.7 Å². The molecule has 4 N–H and O–H groups in total. The number of pyridine rings is 1. The molecule has 1 rings (SSSR count). The number of amides is 1. The van der Waals surface area contributed by atoms with Crippen LogP contribution in [0.5, 0.6) is 0 Å². The highest BCUT2D eigenvalue weighted by atomic mass is 16.1. The maximum Gasteiger partial charge on any atom is 0.247 e. The van der Waals surface area contributed by atoms with Gasteiger partial charge >= 0.3 is 0 Å². The minimum Gasteiger partial charge on any atom is -0.329 e. The summed E-state index contributed by atoms with van der Waals surface area (Å²) in [5, 5.41) is 0. The highest BCUT2D eigenvalue weighted by Crippen LogP contribution is 1.67. The van der Waals surface area contributed by atoms with Gasteiger partial charge < -0.3 is 4.98 Å². The van der Waals surface area contributed by atoms with Crippen LogP contribution in [0.2, 0.25) is 0 Å². The molecule has 0 radical (unpaired) electrons. The van der Waals surface area contributed by atoms with Crippen molar-refractivity contribution in [2.45, 2.75) is 0 Å². The zero-order valence-corrected chi connectivity index (χ0v) is 5.78. The van der Waals surface area contributed by atoms with E-state index in [1.54, 1.807) is 23.8 Å². The second-order valence-corrected chi connectivity index (χ2v) is 1.51. The third-order valence-corrected chi connectivity index (χ3v) is 0.749. The Hall–Kier alpha value is -1.62. The van der Waals surface area contributed by atoms with Crippen molar-refractivity contribution in [2.75, 3.05) is 0 Å². The molecule has 60 valence electrons. The Morgan fingerprint density at radius 1 is 1.55 bits per heavy atom. The number of nitrogens with two attached hydrogens (primary N) is 1. The molecular weight excluding hydrogens is 146 g/mol. The molecule has 11 heavy (non-hydrogen) atoms. The van der Waals surface area contributed by atoms with Gasteiger partial charge in [-0.05, 0) is 6.07 Å². The number of rotatable bonds is 1. The summed E-state index contributed by atoms with van der Waals surface area (Å²) in [6.07, 6.45) is 2.00. The first-order valence-electron chi connectivity index (χ1n) is 2.84. The van der Waals surface area contributed by atoms with Crippen LogP contribution in [0.25, 0.3) is 0 Å². The molecule has 0 saturated heterocycles. The van der Waals surface area contributed by atoms with Gasteiger partial charge in [0.05, 0.1) is 0 Å². The summed E-state index contributed by atoms with van der Waals surface area (Å²) < 4.78 is 0. The maximum absolute atomic E-state index is 10.2. The Labute approximate surface area is 63.2 Å². The molecule has 1 heterocycles. The van der Waals surface area contributed by atoms with Crippen LogP contribution in [-0.4, -0.2) is 11.4 Å². The fourth-order valence-corrected chi connectivity index (χ4v) is 0.377. The largest absolute Gasteiger partial charge is 0.329 e. The van der Waals surface area contributed by atoms with E-state index in [0.29, 0.717) is 6.41 Å². The lowest BCUT2D eigenvalue weighted by Crippen LogP contribution is -2.18. The van der Waals surface area contributed by atoms with E-state index >= 15 is 0 Å². The van der Waals surface area contributed by atoms with Gasteiger partial charge in [0.25, 0.3) is 0 Å². The van der Waals surface area contributed by atoms with Crippen LogP contribution < -0.4 is 16.8 Å². The summed E-state index contributed by atoms with van der Waals surface area (Å²) in [6, 6.07) is 4.93. The van der Waals surface area contributed by atoms with Crippen molar-refractivity contribution in [3.63, 3.8) is 0 Å².